The Morgan fingerprint density at radius 1 is 1.28 bits per heavy atom. The Balaban J connectivity index is 2.25. The molecular weight excluding hydrogens is 275 g/mol. The second-order valence-electron chi connectivity index (χ2n) is 3.32. The average molecular weight is 285 g/mol. The van der Waals surface area contributed by atoms with Crippen LogP contribution in [0.15, 0.2) is 24.7 Å². The monoisotopic (exact) mass is 284 g/mol. The van der Waals surface area contributed by atoms with Crippen LogP contribution < -0.4 is 10.1 Å². The van der Waals surface area contributed by atoms with Gasteiger partial charge in [0.25, 0.3) is 0 Å². The molecule has 0 aliphatic rings. The lowest BCUT2D eigenvalue weighted by Gasteiger charge is -2.08. The highest BCUT2D eigenvalue weighted by atomic mass is 35.5. The Morgan fingerprint density at radius 2 is 2.11 bits per heavy atom. The Bertz CT molecular complexity index is 550. The van der Waals surface area contributed by atoms with Crippen LogP contribution in [0.3, 0.4) is 0 Å². The standard InChI is InChI=1S/C11H10Cl2N4O/c1-2-15-11-16-6-9(13)10(17-11)18-8-3-7(12)4-14-5-8/h3-6H,2H2,1H3,(H,15,16,17). The molecule has 0 atom stereocenters. The molecule has 0 saturated carbocycles. The van der Waals surface area contributed by atoms with Gasteiger partial charge in [0.05, 0.1) is 17.4 Å². The van der Waals surface area contributed by atoms with Gasteiger partial charge >= 0.3 is 0 Å². The minimum absolute atomic E-state index is 0.256. The van der Waals surface area contributed by atoms with Gasteiger partial charge in [0.1, 0.15) is 10.8 Å². The van der Waals surface area contributed by atoms with Gasteiger partial charge in [-0.05, 0) is 6.92 Å². The van der Waals surface area contributed by atoms with E-state index in [9.17, 15) is 0 Å². The summed E-state index contributed by atoms with van der Waals surface area (Å²) in [5.41, 5.74) is 0. The fourth-order valence-electron chi connectivity index (χ4n) is 1.23. The largest absolute Gasteiger partial charge is 0.436 e. The summed E-state index contributed by atoms with van der Waals surface area (Å²) in [5.74, 6) is 1.17. The Hall–Kier alpha value is -1.59. The lowest BCUT2D eigenvalue weighted by atomic mass is 10.4. The summed E-state index contributed by atoms with van der Waals surface area (Å²) >= 11 is 11.8. The van der Waals surface area contributed by atoms with Crippen molar-refractivity contribution in [2.75, 3.05) is 11.9 Å². The van der Waals surface area contributed by atoms with Gasteiger partial charge in [-0.1, -0.05) is 23.2 Å². The van der Waals surface area contributed by atoms with Crippen molar-refractivity contribution in [3.63, 3.8) is 0 Å². The molecule has 2 aromatic heterocycles. The molecule has 0 unspecified atom stereocenters. The van der Waals surface area contributed by atoms with E-state index in [0.29, 0.717) is 28.3 Å². The zero-order valence-electron chi connectivity index (χ0n) is 9.52. The number of hydrogen-bond donors (Lipinski definition) is 1. The number of anilines is 1. The Morgan fingerprint density at radius 3 is 2.83 bits per heavy atom. The molecular formula is C11H10Cl2N4O. The van der Waals surface area contributed by atoms with Crippen molar-refractivity contribution in [1.82, 2.24) is 15.0 Å². The first-order valence-corrected chi connectivity index (χ1v) is 5.99. The van der Waals surface area contributed by atoms with E-state index in [-0.39, 0.29) is 5.88 Å². The maximum absolute atomic E-state index is 5.95. The maximum atomic E-state index is 5.95. The first kappa shape index (κ1) is 12.9. The lowest BCUT2D eigenvalue weighted by molar-refractivity contribution is 0.460. The third-order valence-electron chi connectivity index (χ3n) is 1.94. The molecule has 5 nitrogen and oxygen atoms in total. The fraction of sp³-hybridized carbons (Fsp3) is 0.182. The van der Waals surface area contributed by atoms with E-state index in [1.165, 1.54) is 18.6 Å². The van der Waals surface area contributed by atoms with Gasteiger partial charge in [-0.2, -0.15) is 4.98 Å². The minimum atomic E-state index is 0.256. The lowest BCUT2D eigenvalue weighted by Crippen LogP contribution is -2.02. The molecule has 0 spiro atoms. The van der Waals surface area contributed by atoms with Crippen LogP contribution in [0.2, 0.25) is 10.0 Å². The van der Waals surface area contributed by atoms with Crippen LogP contribution in [0.5, 0.6) is 11.6 Å². The molecule has 1 N–H and O–H groups in total. The molecule has 94 valence electrons. The maximum Gasteiger partial charge on any atom is 0.243 e. The van der Waals surface area contributed by atoms with Crippen LogP contribution in [-0.4, -0.2) is 21.5 Å². The van der Waals surface area contributed by atoms with Crippen LogP contribution in [0.4, 0.5) is 5.95 Å². The molecule has 0 aromatic carbocycles. The molecule has 0 fully saturated rings. The summed E-state index contributed by atoms with van der Waals surface area (Å²) in [6.45, 7) is 2.65. The molecule has 0 bridgehead atoms. The predicted molar refractivity (Wildman–Crippen MR) is 70.5 cm³/mol. The molecule has 0 aliphatic carbocycles. The van der Waals surface area contributed by atoms with Crippen molar-refractivity contribution >= 4 is 29.2 Å². The van der Waals surface area contributed by atoms with Crippen molar-refractivity contribution in [1.29, 1.82) is 0 Å². The molecule has 0 saturated heterocycles. The third kappa shape index (κ3) is 3.21. The Labute approximate surface area is 114 Å². The van der Waals surface area contributed by atoms with Gasteiger partial charge in [0.15, 0.2) is 0 Å². The molecule has 2 aromatic rings. The summed E-state index contributed by atoms with van der Waals surface area (Å²) in [6, 6.07) is 1.62. The number of halogens is 2. The molecule has 0 aliphatic heterocycles. The predicted octanol–water partition coefficient (Wildman–Crippen LogP) is 3.40. The van der Waals surface area contributed by atoms with Gasteiger partial charge in [-0.3, -0.25) is 4.98 Å². The van der Waals surface area contributed by atoms with Gasteiger partial charge in [0.2, 0.25) is 11.8 Å². The zero-order chi connectivity index (χ0) is 13.0. The van der Waals surface area contributed by atoms with Gasteiger partial charge in [0, 0.05) is 18.8 Å². The number of aromatic nitrogens is 3. The summed E-state index contributed by atoms with van der Waals surface area (Å²) in [5, 5.41) is 3.76. The zero-order valence-corrected chi connectivity index (χ0v) is 11.0. The van der Waals surface area contributed by atoms with Gasteiger partial charge in [-0.15, -0.1) is 0 Å². The van der Waals surface area contributed by atoms with E-state index < -0.39 is 0 Å². The van der Waals surface area contributed by atoms with Crippen LogP contribution >= 0.6 is 23.2 Å². The average Bonchev–Trinajstić information content (AvgIpc) is 2.34. The van der Waals surface area contributed by atoms with E-state index in [2.05, 4.69) is 20.3 Å². The molecule has 2 heterocycles. The normalized spacial score (nSPS) is 10.2. The van der Waals surface area contributed by atoms with Crippen molar-refractivity contribution < 1.29 is 4.74 Å². The van der Waals surface area contributed by atoms with E-state index >= 15 is 0 Å². The highest BCUT2D eigenvalue weighted by molar-refractivity contribution is 6.31. The summed E-state index contributed by atoms with van der Waals surface area (Å²) in [4.78, 5) is 12.1. The third-order valence-corrected chi connectivity index (χ3v) is 2.41. The molecule has 0 radical (unpaired) electrons. The highest BCUT2D eigenvalue weighted by Crippen LogP contribution is 2.28. The number of rotatable bonds is 4. The van der Waals surface area contributed by atoms with Crippen molar-refractivity contribution in [2.45, 2.75) is 6.92 Å². The number of pyridine rings is 1. The first-order valence-electron chi connectivity index (χ1n) is 5.24. The number of nitrogens with zero attached hydrogens (tertiary/aromatic N) is 3. The number of nitrogens with one attached hydrogen (secondary N) is 1. The van der Waals surface area contributed by atoms with Crippen LogP contribution in [0.1, 0.15) is 6.92 Å². The van der Waals surface area contributed by atoms with Gasteiger partial charge in [-0.25, -0.2) is 4.98 Å². The van der Waals surface area contributed by atoms with E-state index in [1.807, 2.05) is 6.92 Å². The second kappa shape index (κ2) is 5.84. The SMILES string of the molecule is CCNc1ncc(Cl)c(Oc2cncc(Cl)c2)n1. The topological polar surface area (TPSA) is 59.9 Å². The quantitative estimate of drug-likeness (QED) is 0.932. The smallest absolute Gasteiger partial charge is 0.243 e. The van der Waals surface area contributed by atoms with Crippen molar-refractivity contribution in [2.24, 2.45) is 0 Å². The summed E-state index contributed by atoms with van der Waals surface area (Å²) < 4.78 is 5.51. The Kier molecular flexibility index (Phi) is 4.17. The summed E-state index contributed by atoms with van der Waals surface area (Å²) in [6.07, 6.45) is 4.51. The molecule has 2 rings (SSSR count). The molecule has 18 heavy (non-hydrogen) atoms. The van der Waals surface area contributed by atoms with Gasteiger partial charge < -0.3 is 10.1 Å². The van der Waals surface area contributed by atoms with Crippen LogP contribution in [-0.2, 0) is 0 Å². The molecule has 7 heteroatoms. The first-order chi connectivity index (χ1) is 8.69. The van der Waals surface area contributed by atoms with Crippen LogP contribution in [0.25, 0.3) is 0 Å². The minimum Gasteiger partial charge on any atom is -0.436 e. The fourth-order valence-corrected chi connectivity index (χ4v) is 1.52. The second-order valence-corrected chi connectivity index (χ2v) is 4.16. The highest BCUT2D eigenvalue weighted by Gasteiger charge is 2.08. The van der Waals surface area contributed by atoms with E-state index in [0.717, 1.165) is 0 Å². The number of ether oxygens (including phenoxy) is 1. The molecule has 0 amide bonds. The van der Waals surface area contributed by atoms with Crippen molar-refractivity contribution in [3.8, 4) is 11.6 Å². The van der Waals surface area contributed by atoms with Crippen molar-refractivity contribution in [3.05, 3.63) is 34.7 Å². The van der Waals surface area contributed by atoms with E-state index in [1.54, 1.807) is 6.07 Å². The van der Waals surface area contributed by atoms with Crippen LogP contribution in [0, 0.1) is 0 Å². The van der Waals surface area contributed by atoms with E-state index in [4.69, 9.17) is 27.9 Å². The summed E-state index contributed by atoms with van der Waals surface area (Å²) in [7, 11) is 0. The number of hydrogen-bond acceptors (Lipinski definition) is 5.